The molecule has 0 radical (unpaired) electrons. The van der Waals surface area contributed by atoms with Crippen molar-refractivity contribution in [2.75, 3.05) is 13.2 Å². The minimum Gasteiger partial charge on any atom is -0.491 e. The van der Waals surface area contributed by atoms with Gasteiger partial charge in [-0.3, -0.25) is 4.99 Å². The molecule has 0 bridgehead atoms. The van der Waals surface area contributed by atoms with E-state index < -0.39 is 0 Å². The molecular weight excluding hydrogens is 183 g/mol. The normalized spacial score (nSPS) is 19.4. The first-order valence-corrected chi connectivity index (χ1v) is 4.47. The average Bonchev–Trinajstić information content (AvgIpc) is 2.70. The van der Waals surface area contributed by atoms with E-state index in [1.165, 1.54) is 12.1 Å². The van der Waals surface area contributed by atoms with Crippen LogP contribution in [0.4, 0.5) is 4.39 Å². The van der Waals surface area contributed by atoms with Gasteiger partial charge in [0.2, 0.25) is 0 Å². The first kappa shape index (κ1) is 8.99. The molecule has 0 saturated carbocycles. The number of aliphatic imine (C=N–C) groups is 1. The second kappa shape index (κ2) is 4.09. The van der Waals surface area contributed by atoms with E-state index in [2.05, 4.69) is 10.3 Å². The molecule has 1 aliphatic heterocycles. The van der Waals surface area contributed by atoms with Gasteiger partial charge in [-0.05, 0) is 24.3 Å². The fourth-order valence-corrected chi connectivity index (χ4v) is 1.22. The average molecular weight is 194 g/mol. The van der Waals surface area contributed by atoms with Crippen molar-refractivity contribution in [1.82, 2.24) is 5.32 Å². The molecule has 4 heteroatoms. The summed E-state index contributed by atoms with van der Waals surface area (Å²) in [5.41, 5.74) is 0. The van der Waals surface area contributed by atoms with E-state index in [-0.39, 0.29) is 11.9 Å². The van der Waals surface area contributed by atoms with Crippen LogP contribution in [0.15, 0.2) is 29.3 Å². The lowest BCUT2D eigenvalue weighted by molar-refractivity contribution is 0.286. The first-order valence-electron chi connectivity index (χ1n) is 4.47. The quantitative estimate of drug-likeness (QED) is 0.784. The molecule has 1 aromatic rings. The van der Waals surface area contributed by atoms with E-state index >= 15 is 0 Å². The number of hydrogen-bond acceptors (Lipinski definition) is 3. The Labute approximate surface area is 81.6 Å². The van der Waals surface area contributed by atoms with Crippen LogP contribution in [-0.4, -0.2) is 25.5 Å². The molecule has 1 aromatic carbocycles. The van der Waals surface area contributed by atoms with Crippen LogP contribution in [0.25, 0.3) is 0 Å². The van der Waals surface area contributed by atoms with Gasteiger partial charge in [-0.2, -0.15) is 0 Å². The summed E-state index contributed by atoms with van der Waals surface area (Å²) in [5.74, 6) is 0.430. The van der Waals surface area contributed by atoms with E-state index in [0.717, 1.165) is 6.54 Å². The van der Waals surface area contributed by atoms with Gasteiger partial charge in [0.05, 0.1) is 18.9 Å². The van der Waals surface area contributed by atoms with Crippen LogP contribution in [0.5, 0.6) is 5.75 Å². The van der Waals surface area contributed by atoms with Gasteiger partial charge in [-0.15, -0.1) is 0 Å². The van der Waals surface area contributed by atoms with Gasteiger partial charge in [0, 0.05) is 0 Å². The van der Waals surface area contributed by atoms with Crippen LogP contribution in [-0.2, 0) is 0 Å². The molecule has 0 fully saturated rings. The molecule has 74 valence electrons. The van der Waals surface area contributed by atoms with Crippen molar-refractivity contribution < 1.29 is 9.13 Å². The molecule has 0 aromatic heterocycles. The number of halogens is 1. The number of rotatable bonds is 3. The summed E-state index contributed by atoms with van der Waals surface area (Å²) in [4.78, 5) is 4.02. The maximum Gasteiger partial charge on any atom is 0.123 e. The predicted octanol–water partition coefficient (Wildman–Crippen LogP) is 1.20. The predicted molar refractivity (Wildman–Crippen MR) is 52.2 cm³/mol. The molecule has 0 spiro atoms. The summed E-state index contributed by atoms with van der Waals surface area (Å²) in [7, 11) is 0. The van der Waals surface area contributed by atoms with Crippen LogP contribution in [0, 0.1) is 5.82 Å². The highest BCUT2D eigenvalue weighted by Gasteiger charge is 2.10. The third-order valence-corrected chi connectivity index (χ3v) is 1.99. The van der Waals surface area contributed by atoms with Crippen LogP contribution < -0.4 is 10.1 Å². The largest absolute Gasteiger partial charge is 0.491 e. The molecule has 0 amide bonds. The molecule has 3 nitrogen and oxygen atoms in total. The van der Waals surface area contributed by atoms with Gasteiger partial charge in [-0.1, -0.05) is 0 Å². The summed E-state index contributed by atoms with van der Waals surface area (Å²) in [6.45, 7) is 1.28. The molecular formula is C10H11FN2O. The van der Waals surface area contributed by atoms with Gasteiger partial charge >= 0.3 is 0 Å². The summed E-state index contributed by atoms with van der Waals surface area (Å²) >= 11 is 0. The zero-order chi connectivity index (χ0) is 9.80. The number of ether oxygens (including phenoxy) is 1. The third kappa shape index (κ3) is 2.22. The monoisotopic (exact) mass is 194 g/mol. The highest BCUT2D eigenvalue weighted by atomic mass is 19.1. The first-order chi connectivity index (χ1) is 6.84. The highest BCUT2D eigenvalue weighted by molar-refractivity contribution is 5.57. The van der Waals surface area contributed by atoms with Crippen LogP contribution in [0.3, 0.4) is 0 Å². The Balaban J connectivity index is 1.82. The Morgan fingerprint density at radius 3 is 2.86 bits per heavy atom. The van der Waals surface area contributed by atoms with Gasteiger partial charge in [0.15, 0.2) is 0 Å². The summed E-state index contributed by atoms with van der Waals surface area (Å²) in [6.07, 6.45) is 1.68. The minimum atomic E-state index is -0.250. The maximum atomic E-state index is 12.5. The Kier molecular flexibility index (Phi) is 2.62. The fourth-order valence-electron chi connectivity index (χ4n) is 1.22. The van der Waals surface area contributed by atoms with E-state index in [1.807, 2.05) is 0 Å². The standard InChI is InChI=1S/C10H11FN2O/c11-8-1-3-10(4-2-8)14-6-9-5-12-7-13-9/h1-4,7,9H,5-6H2,(H,12,13). The molecule has 1 heterocycles. The van der Waals surface area contributed by atoms with E-state index in [9.17, 15) is 4.39 Å². The van der Waals surface area contributed by atoms with Gasteiger partial charge in [-0.25, -0.2) is 4.39 Å². The van der Waals surface area contributed by atoms with Crippen molar-refractivity contribution in [2.45, 2.75) is 6.04 Å². The number of nitrogens with zero attached hydrogens (tertiary/aromatic N) is 1. The van der Waals surface area contributed by atoms with E-state index in [0.29, 0.717) is 12.4 Å². The van der Waals surface area contributed by atoms with Crippen molar-refractivity contribution in [3.63, 3.8) is 0 Å². The van der Waals surface area contributed by atoms with Crippen molar-refractivity contribution in [3.8, 4) is 5.75 Å². The van der Waals surface area contributed by atoms with Crippen molar-refractivity contribution in [1.29, 1.82) is 0 Å². The third-order valence-electron chi connectivity index (χ3n) is 1.99. The summed E-state index contributed by atoms with van der Waals surface area (Å²) < 4.78 is 18.0. The topological polar surface area (TPSA) is 33.6 Å². The van der Waals surface area contributed by atoms with Gasteiger partial charge in [0.1, 0.15) is 18.2 Å². The number of benzene rings is 1. The fraction of sp³-hybridized carbons (Fsp3) is 0.300. The molecule has 2 rings (SSSR count). The lowest BCUT2D eigenvalue weighted by Crippen LogP contribution is -2.31. The Hall–Kier alpha value is -1.58. The van der Waals surface area contributed by atoms with Gasteiger partial charge in [0.25, 0.3) is 0 Å². The Morgan fingerprint density at radius 1 is 1.43 bits per heavy atom. The SMILES string of the molecule is Fc1ccc(OCC2CN=CN2)cc1. The van der Waals surface area contributed by atoms with Crippen LogP contribution >= 0.6 is 0 Å². The van der Waals surface area contributed by atoms with Crippen LogP contribution in [0.2, 0.25) is 0 Å². The zero-order valence-electron chi connectivity index (χ0n) is 7.61. The number of nitrogens with one attached hydrogen (secondary N) is 1. The van der Waals surface area contributed by atoms with Crippen molar-refractivity contribution >= 4 is 6.34 Å². The Morgan fingerprint density at radius 2 is 2.21 bits per heavy atom. The molecule has 1 unspecified atom stereocenters. The van der Waals surface area contributed by atoms with Crippen molar-refractivity contribution in [3.05, 3.63) is 30.1 Å². The second-order valence-corrected chi connectivity index (χ2v) is 3.12. The van der Waals surface area contributed by atoms with E-state index in [4.69, 9.17) is 4.74 Å². The van der Waals surface area contributed by atoms with E-state index in [1.54, 1.807) is 18.5 Å². The van der Waals surface area contributed by atoms with Crippen molar-refractivity contribution in [2.24, 2.45) is 4.99 Å². The highest BCUT2D eigenvalue weighted by Crippen LogP contribution is 2.11. The summed E-state index contributed by atoms with van der Waals surface area (Å²) in [6, 6.07) is 6.23. The molecule has 0 saturated heterocycles. The summed E-state index contributed by atoms with van der Waals surface area (Å²) in [5, 5.41) is 3.05. The smallest absolute Gasteiger partial charge is 0.123 e. The number of hydrogen-bond donors (Lipinski definition) is 1. The lowest BCUT2D eigenvalue weighted by Gasteiger charge is -2.11. The minimum absolute atomic E-state index is 0.236. The van der Waals surface area contributed by atoms with Gasteiger partial charge < -0.3 is 10.1 Å². The van der Waals surface area contributed by atoms with Crippen LogP contribution in [0.1, 0.15) is 0 Å². The Bertz CT molecular complexity index is 315. The molecule has 1 N–H and O–H groups in total. The lowest BCUT2D eigenvalue weighted by atomic mass is 10.3. The molecule has 14 heavy (non-hydrogen) atoms. The molecule has 1 aliphatic rings. The molecule has 0 aliphatic carbocycles. The maximum absolute atomic E-state index is 12.5. The second-order valence-electron chi connectivity index (χ2n) is 3.12. The molecule has 1 atom stereocenters. The zero-order valence-corrected chi connectivity index (χ0v) is 7.61.